The van der Waals surface area contributed by atoms with Gasteiger partial charge in [0.25, 0.3) is 5.91 Å². The standard InChI is InChI=1S/C31H42N2O6S2/c1-6-8-15-31(16-9-7-2)20-33(24-12-10-23(11-13-24)30(36)32-22(3)4)25-18-27(40-5)26(39-17-14-29(34)35)19-28(25)41(37,38)21-31/h10-14,17-19,22H,6-9,15-16,20-21H2,1-5H3,(H,32,36)(H,34,35)/b17-14+. The predicted molar refractivity (Wildman–Crippen MR) is 165 cm³/mol. The number of aliphatic carboxylic acids is 1. The zero-order chi connectivity index (χ0) is 30.2. The van der Waals surface area contributed by atoms with Crippen LogP contribution in [0.3, 0.4) is 0 Å². The van der Waals surface area contributed by atoms with Crippen molar-refractivity contribution in [3.05, 3.63) is 54.3 Å². The van der Waals surface area contributed by atoms with Crippen molar-refractivity contribution in [2.75, 3.05) is 23.5 Å². The molecule has 2 N–H and O–H groups in total. The van der Waals surface area contributed by atoms with Gasteiger partial charge in [-0.1, -0.05) is 39.5 Å². The van der Waals surface area contributed by atoms with Crippen LogP contribution in [-0.4, -0.2) is 50.0 Å². The van der Waals surface area contributed by atoms with E-state index in [1.807, 2.05) is 38.3 Å². The number of ether oxygens (including phenoxy) is 1. The van der Waals surface area contributed by atoms with E-state index in [9.17, 15) is 18.0 Å². The van der Waals surface area contributed by atoms with E-state index in [-0.39, 0.29) is 28.3 Å². The number of amides is 1. The van der Waals surface area contributed by atoms with Gasteiger partial charge < -0.3 is 20.1 Å². The third-order valence-corrected chi connectivity index (χ3v) is 10.00. The maximum atomic E-state index is 14.1. The lowest BCUT2D eigenvalue weighted by Gasteiger charge is -2.37. The third kappa shape index (κ3) is 8.29. The predicted octanol–water partition coefficient (Wildman–Crippen LogP) is 6.82. The van der Waals surface area contributed by atoms with Gasteiger partial charge in [-0.3, -0.25) is 4.79 Å². The number of nitrogens with one attached hydrogen (secondary N) is 1. The van der Waals surface area contributed by atoms with Gasteiger partial charge in [-0.15, -0.1) is 11.8 Å². The van der Waals surface area contributed by atoms with Crippen LogP contribution in [0.1, 0.15) is 76.6 Å². The molecule has 0 radical (unpaired) electrons. The number of hydrogen-bond donors (Lipinski definition) is 2. The number of rotatable bonds is 13. The van der Waals surface area contributed by atoms with E-state index in [0.29, 0.717) is 22.7 Å². The van der Waals surface area contributed by atoms with E-state index in [1.165, 1.54) is 17.8 Å². The molecule has 1 aliphatic heterocycles. The molecule has 0 saturated heterocycles. The lowest BCUT2D eigenvalue weighted by molar-refractivity contribution is -0.131. The number of carboxylic acids is 1. The lowest BCUT2D eigenvalue weighted by Crippen LogP contribution is -2.38. The first kappa shape index (κ1) is 32.5. The number of anilines is 2. The van der Waals surface area contributed by atoms with Gasteiger partial charge in [0.05, 0.1) is 33.6 Å². The Kier molecular flexibility index (Phi) is 11.3. The number of unbranched alkanes of at least 4 members (excludes halogenated alkanes) is 2. The largest absolute Gasteiger partial charge is 0.478 e. The molecule has 10 heteroatoms. The molecule has 224 valence electrons. The summed E-state index contributed by atoms with van der Waals surface area (Å²) in [4.78, 5) is 26.5. The van der Waals surface area contributed by atoms with Crippen LogP contribution in [-0.2, 0) is 14.6 Å². The number of nitrogens with zero attached hydrogens (tertiary/aromatic N) is 1. The first-order valence-corrected chi connectivity index (χ1v) is 17.0. The number of carbonyl (C=O) groups excluding carboxylic acids is 1. The number of carboxylic acid groups (broad SMARTS) is 1. The van der Waals surface area contributed by atoms with Gasteiger partial charge >= 0.3 is 5.97 Å². The average Bonchev–Trinajstić information content (AvgIpc) is 3.01. The molecule has 41 heavy (non-hydrogen) atoms. The first-order valence-electron chi connectivity index (χ1n) is 14.1. The van der Waals surface area contributed by atoms with Crippen LogP contribution >= 0.6 is 11.8 Å². The zero-order valence-corrected chi connectivity index (χ0v) is 26.2. The smallest absolute Gasteiger partial charge is 0.331 e. The molecule has 0 aliphatic carbocycles. The Hall–Kier alpha value is -2.98. The Labute approximate surface area is 248 Å². The van der Waals surface area contributed by atoms with Crippen molar-refractivity contribution >= 4 is 44.9 Å². The fraction of sp³-hybridized carbons (Fsp3) is 0.484. The highest BCUT2D eigenvalue weighted by Crippen LogP contribution is 2.47. The molecule has 1 aliphatic rings. The molecule has 1 heterocycles. The lowest BCUT2D eigenvalue weighted by atomic mass is 9.79. The van der Waals surface area contributed by atoms with Crippen molar-refractivity contribution in [2.24, 2.45) is 5.41 Å². The normalized spacial score (nSPS) is 15.9. The molecule has 8 nitrogen and oxygen atoms in total. The van der Waals surface area contributed by atoms with Gasteiger partial charge in [0.15, 0.2) is 9.84 Å². The van der Waals surface area contributed by atoms with E-state index < -0.39 is 21.2 Å². The van der Waals surface area contributed by atoms with E-state index in [0.717, 1.165) is 56.6 Å². The van der Waals surface area contributed by atoms with Crippen molar-refractivity contribution in [2.45, 2.75) is 82.1 Å². The molecule has 0 unspecified atom stereocenters. The highest BCUT2D eigenvalue weighted by Gasteiger charge is 2.42. The summed E-state index contributed by atoms with van der Waals surface area (Å²) in [5, 5.41) is 11.9. The topological polar surface area (TPSA) is 113 Å². The van der Waals surface area contributed by atoms with Crippen LogP contribution in [0.2, 0.25) is 0 Å². The first-order chi connectivity index (χ1) is 19.4. The van der Waals surface area contributed by atoms with Crippen molar-refractivity contribution in [1.82, 2.24) is 5.32 Å². The Morgan fingerprint density at radius 1 is 1.12 bits per heavy atom. The fourth-order valence-corrected chi connectivity index (χ4v) is 7.91. The number of fused-ring (bicyclic) bond motifs is 1. The summed E-state index contributed by atoms with van der Waals surface area (Å²) >= 11 is 1.39. The molecular weight excluding hydrogens is 560 g/mol. The van der Waals surface area contributed by atoms with E-state index in [4.69, 9.17) is 9.84 Å². The summed E-state index contributed by atoms with van der Waals surface area (Å²) in [6, 6.07) is 10.6. The summed E-state index contributed by atoms with van der Waals surface area (Å²) in [7, 11) is -3.75. The number of thioether (sulfide) groups is 1. The van der Waals surface area contributed by atoms with Crippen molar-refractivity contribution < 1.29 is 27.9 Å². The Bertz CT molecular complexity index is 1350. The molecule has 0 aromatic heterocycles. The van der Waals surface area contributed by atoms with Crippen LogP contribution in [0, 0.1) is 5.41 Å². The van der Waals surface area contributed by atoms with Crippen molar-refractivity contribution in [1.29, 1.82) is 0 Å². The Morgan fingerprint density at radius 3 is 2.29 bits per heavy atom. The number of carbonyl (C=O) groups is 2. The van der Waals surface area contributed by atoms with Gasteiger partial charge in [-0.25, -0.2) is 13.2 Å². The highest BCUT2D eigenvalue weighted by atomic mass is 32.2. The van der Waals surface area contributed by atoms with E-state index in [1.54, 1.807) is 12.1 Å². The molecule has 0 bridgehead atoms. The van der Waals surface area contributed by atoms with Crippen LogP contribution in [0.25, 0.3) is 0 Å². The SMILES string of the molecule is CCCCC1(CCCC)CN(c2ccc(C(=O)NC(C)C)cc2)c2cc(SC)c(O/C=C/C(=O)O)cc2S(=O)(=O)C1. The summed E-state index contributed by atoms with van der Waals surface area (Å²) in [5.74, 6) is -1.02. The average molecular weight is 603 g/mol. The molecule has 0 atom stereocenters. The molecule has 1 amide bonds. The van der Waals surface area contributed by atoms with Gasteiger partial charge in [-0.05, 0) is 63.3 Å². The number of sulfone groups is 1. The van der Waals surface area contributed by atoms with Crippen LogP contribution in [0.15, 0.2) is 58.5 Å². The van der Waals surface area contributed by atoms with Crippen LogP contribution in [0.5, 0.6) is 5.75 Å². The zero-order valence-electron chi connectivity index (χ0n) is 24.6. The monoisotopic (exact) mass is 602 g/mol. The second kappa shape index (κ2) is 14.3. The van der Waals surface area contributed by atoms with Crippen molar-refractivity contribution in [3.8, 4) is 5.75 Å². The van der Waals surface area contributed by atoms with Crippen LogP contribution in [0.4, 0.5) is 11.4 Å². The fourth-order valence-electron chi connectivity index (χ4n) is 5.25. The molecule has 2 aromatic carbocycles. The second-order valence-electron chi connectivity index (χ2n) is 11.0. The maximum Gasteiger partial charge on any atom is 0.331 e. The van der Waals surface area contributed by atoms with Gasteiger partial charge in [0, 0.05) is 35.3 Å². The summed E-state index contributed by atoms with van der Waals surface area (Å²) < 4.78 is 33.9. The minimum atomic E-state index is -3.75. The number of benzene rings is 2. The van der Waals surface area contributed by atoms with Crippen LogP contribution < -0.4 is 15.0 Å². The molecule has 0 spiro atoms. The van der Waals surface area contributed by atoms with E-state index in [2.05, 4.69) is 24.1 Å². The summed E-state index contributed by atoms with van der Waals surface area (Å²) in [6.45, 7) is 8.57. The minimum Gasteiger partial charge on any atom is -0.478 e. The summed E-state index contributed by atoms with van der Waals surface area (Å²) in [6.07, 6.45) is 9.11. The summed E-state index contributed by atoms with van der Waals surface area (Å²) in [5.41, 5.74) is 1.42. The maximum absolute atomic E-state index is 14.1. The van der Waals surface area contributed by atoms with Gasteiger partial charge in [0.2, 0.25) is 0 Å². The van der Waals surface area contributed by atoms with E-state index >= 15 is 0 Å². The second-order valence-corrected chi connectivity index (χ2v) is 13.8. The van der Waals surface area contributed by atoms with Gasteiger partial charge in [0.1, 0.15) is 5.75 Å². The Morgan fingerprint density at radius 2 is 1.76 bits per heavy atom. The van der Waals surface area contributed by atoms with Gasteiger partial charge in [-0.2, -0.15) is 0 Å². The molecule has 0 saturated carbocycles. The molecule has 3 rings (SSSR count). The number of hydrogen-bond acceptors (Lipinski definition) is 7. The third-order valence-electron chi connectivity index (χ3n) is 7.25. The molecule has 0 fully saturated rings. The van der Waals surface area contributed by atoms with Crippen molar-refractivity contribution in [3.63, 3.8) is 0 Å². The molecular formula is C31H42N2O6S2. The molecule has 2 aromatic rings. The Balaban J connectivity index is 2.22. The quantitative estimate of drug-likeness (QED) is 0.146. The minimum absolute atomic E-state index is 0.00865. The highest BCUT2D eigenvalue weighted by molar-refractivity contribution is 7.98.